The summed E-state index contributed by atoms with van der Waals surface area (Å²) in [7, 11) is 0. The molecule has 1 aromatic heterocycles. The van der Waals surface area contributed by atoms with Crippen LogP contribution < -0.4 is 5.32 Å². The van der Waals surface area contributed by atoms with Crippen LogP contribution in [0.15, 0.2) is 41.7 Å². The Hall–Kier alpha value is -1.26. The molecule has 0 unspecified atom stereocenters. The van der Waals surface area contributed by atoms with Crippen LogP contribution in [0, 0.1) is 0 Å². The molecule has 2 aromatic rings. The summed E-state index contributed by atoms with van der Waals surface area (Å²) in [5.41, 5.74) is 2.26. The van der Waals surface area contributed by atoms with Crippen LogP contribution in [0.2, 0.25) is 0 Å². The minimum atomic E-state index is 0.824. The molecule has 0 fully saturated rings. The van der Waals surface area contributed by atoms with Gasteiger partial charge in [-0.15, -0.1) is 11.8 Å². The summed E-state index contributed by atoms with van der Waals surface area (Å²) in [6, 6.07) is 8.36. The van der Waals surface area contributed by atoms with Gasteiger partial charge in [0, 0.05) is 17.6 Å². The second kappa shape index (κ2) is 5.89. The molecule has 1 N–H and O–H groups in total. The summed E-state index contributed by atoms with van der Waals surface area (Å²) in [6.07, 6.45) is 6.05. The highest BCUT2D eigenvalue weighted by molar-refractivity contribution is 7.98. The molecule has 90 valence electrons. The summed E-state index contributed by atoms with van der Waals surface area (Å²) in [4.78, 5) is 5.66. The largest absolute Gasteiger partial charge is 0.311 e. The summed E-state index contributed by atoms with van der Waals surface area (Å²) < 4.78 is 2.08. The quantitative estimate of drug-likeness (QED) is 0.824. The zero-order chi connectivity index (χ0) is 12.1. The van der Waals surface area contributed by atoms with Gasteiger partial charge in [0.25, 0.3) is 0 Å². The van der Waals surface area contributed by atoms with Crippen LogP contribution in [0.25, 0.3) is 5.69 Å². The lowest BCUT2D eigenvalue weighted by Crippen LogP contribution is -2.11. The molecular formula is C13H17N3S. The van der Waals surface area contributed by atoms with E-state index in [1.807, 2.05) is 6.33 Å². The fraction of sp³-hybridized carbons (Fsp3) is 0.308. The molecule has 1 heterocycles. The molecule has 0 amide bonds. The molecule has 0 saturated carbocycles. The van der Waals surface area contributed by atoms with Gasteiger partial charge in [0.15, 0.2) is 0 Å². The Bertz CT molecular complexity index is 479. The van der Waals surface area contributed by atoms with E-state index in [2.05, 4.69) is 58.5 Å². The molecule has 4 heteroatoms. The Morgan fingerprint density at radius 3 is 2.94 bits per heavy atom. The number of para-hydroxylation sites is 1. The van der Waals surface area contributed by atoms with E-state index in [-0.39, 0.29) is 0 Å². The van der Waals surface area contributed by atoms with Gasteiger partial charge in [-0.2, -0.15) is 0 Å². The molecular weight excluding hydrogens is 230 g/mol. The maximum atomic E-state index is 4.40. The Balaban J connectivity index is 2.24. The Morgan fingerprint density at radius 2 is 2.18 bits per heavy atom. The topological polar surface area (TPSA) is 29.9 Å². The highest BCUT2D eigenvalue weighted by Crippen LogP contribution is 2.23. The summed E-state index contributed by atoms with van der Waals surface area (Å²) in [5, 5.41) is 3.28. The van der Waals surface area contributed by atoms with E-state index >= 15 is 0 Å². The first-order valence-corrected chi connectivity index (χ1v) is 6.94. The minimum absolute atomic E-state index is 0.824. The van der Waals surface area contributed by atoms with Gasteiger partial charge < -0.3 is 9.88 Å². The predicted molar refractivity (Wildman–Crippen MR) is 72.7 cm³/mol. The first-order chi connectivity index (χ1) is 8.35. The summed E-state index contributed by atoms with van der Waals surface area (Å²) >= 11 is 1.75. The molecule has 0 aliphatic heterocycles. The molecule has 0 saturated heterocycles. The third-order valence-electron chi connectivity index (χ3n) is 2.56. The Labute approximate surface area is 106 Å². The van der Waals surface area contributed by atoms with Crippen molar-refractivity contribution in [3.63, 3.8) is 0 Å². The van der Waals surface area contributed by atoms with Crippen LogP contribution >= 0.6 is 11.8 Å². The van der Waals surface area contributed by atoms with E-state index in [1.54, 1.807) is 11.8 Å². The van der Waals surface area contributed by atoms with Gasteiger partial charge in [-0.25, -0.2) is 4.98 Å². The van der Waals surface area contributed by atoms with Crippen LogP contribution in [0.4, 0.5) is 0 Å². The Morgan fingerprint density at radius 1 is 1.35 bits per heavy atom. The number of imidazole rings is 1. The number of nitrogens with zero attached hydrogens (tertiary/aromatic N) is 2. The van der Waals surface area contributed by atoms with Gasteiger partial charge in [-0.1, -0.05) is 19.1 Å². The van der Waals surface area contributed by atoms with Crippen molar-refractivity contribution in [3.05, 3.63) is 42.5 Å². The molecule has 17 heavy (non-hydrogen) atoms. The lowest BCUT2D eigenvalue weighted by Gasteiger charge is -2.06. The van der Waals surface area contributed by atoms with E-state index in [1.165, 1.54) is 10.6 Å². The van der Waals surface area contributed by atoms with Crippen molar-refractivity contribution in [1.29, 1.82) is 0 Å². The van der Waals surface area contributed by atoms with Crippen LogP contribution in [0.5, 0.6) is 0 Å². The van der Waals surface area contributed by atoms with Gasteiger partial charge in [0.05, 0.1) is 17.7 Å². The van der Waals surface area contributed by atoms with Crippen molar-refractivity contribution in [2.75, 3.05) is 12.8 Å². The highest BCUT2D eigenvalue weighted by Gasteiger charge is 2.04. The van der Waals surface area contributed by atoms with Crippen molar-refractivity contribution in [2.24, 2.45) is 0 Å². The molecule has 0 bridgehead atoms. The van der Waals surface area contributed by atoms with Gasteiger partial charge >= 0.3 is 0 Å². The van der Waals surface area contributed by atoms with Crippen LogP contribution in [0.3, 0.4) is 0 Å². The second-order valence-electron chi connectivity index (χ2n) is 3.72. The molecule has 0 aliphatic carbocycles. The van der Waals surface area contributed by atoms with Gasteiger partial charge in [0.2, 0.25) is 0 Å². The van der Waals surface area contributed by atoms with Crippen LogP contribution in [0.1, 0.15) is 12.6 Å². The lowest BCUT2D eigenvalue weighted by atomic mass is 10.3. The zero-order valence-electron chi connectivity index (χ0n) is 10.2. The maximum absolute atomic E-state index is 4.40. The number of aromatic nitrogens is 2. The number of hydrogen-bond acceptors (Lipinski definition) is 3. The van der Waals surface area contributed by atoms with Crippen molar-refractivity contribution < 1.29 is 0 Å². The molecule has 0 aliphatic rings. The average Bonchev–Trinajstić information content (AvgIpc) is 2.85. The number of hydrogen-bond donors (Lipinski definition) is 1. The fourth-order valence-corrected chi connectivity index (χ4v) is 2.28. The van der Waals surface area contributed by atoms with Gasteiger partial charge in [-0.05, 0) is 24.9 Å². The zero-order valence-corrected chi connectivity index (χ0v) is 11.0. The van der Waals surface area contributed by atoms with Crippen molar-refractivity contribution >= 4 is 11.8 Å². The van der Waals surface area contributed by atoms with Crippen molar-refractivity contribution in [1.82, 2.24) is 14.9 Å². The second-order valence-corrected chi connectivity index (χ2v) is 4.57. The third kappa shape index (κ3) is 2.90. The average molecular weight is 247 g/mol. The highest BCUT2D eigenvalue weighted by atomic mass is 32.2. The summed E-state index contributed by atoms with van der Waals surface area (Å²) in [6.45, 7) is 3.89. The number of rotatable bonds is 5. The van der Waals surface area contributed by atoms with Gasteiger partial charge in [0.1, 0.15) is 0 Å². The molecule has 2 rings (SSSR count). The van der Waals surface area contributed by atoms with E-state index in [0.717, 1.165) is 18.8 Å². The van der Waals surface area contributed by atoms with Crippen molar-refractivity contribution in [2.45, 2.75) is 18.4 Å². The van der Waals surface area contributed by atoms with E-state index < -0.39 is 0 Å². The maximum Gasteiger partial charge on any atom is 0.0996 e. The van der Waals surface area contributed by atoms with Crippen LogP contribution in [-0.4, -0.2) is 22.4 Å². The third-order valence-corrected chi connectivity index (χ3v) is 3.34. The Kier molecular flexibility index (Phi) is 4.23. The van der Waals surface area contributed by atoms with E-state index in [4.69, 9.17) is 0 Å². The number of nitrogens with one attached hydrogen (secondary N) is 1. The SMILES string of the molecule is CCNCc1cn(-c2ccccc2SC)cn1. The standard InChI is InChI=1S/C13H17N3S/c1-3-14-8-11-9-16(10-15-11)12-6-4-5-7-13(12)17-2/h4-7,9-10,14H,3,8H2,1-2H3. The van der Waals surface area contributed by atoms with Crippen LogP contribution in [-0.2, 0) is 6.54 Å². The number of thioether (sulfide) groups is 1. The first kappa shape index (κ1) is 12.2. The number of benzene rings is 1. The first-order valence-electron chi connectivity index (χ1n) is 5.72. The minimum Gasteiger partial charge on any atom is -0.311 e. The van der Waals surface area contributed by atoms with E-state index in [0.29, 0.717) is 0 Å². The van der Waals surface area contributed by atoms with Crippen molar-refractivity contribution in [3.8, 4) is 5.69 Å². The van der Waals surface area contributed by atoms with E-state index in [9.17, 15) is 0 Å². The molecule has 0 atom stereocenters. The monoisotopic (exact) mass is 247 g/mol. The molecule has 3 nitrogen and oxygen atoms in total. The normalized spacial score (nSPS) is 10.7. The predicted octanol–water partition coefficient (Wildman–Crippen LogP) is 2.70. The smallest absolute Gasteiger partial charge is 0.0996 e. The molecule has 0 spiro atoms. The fourth-order valence-electron chi connectivity index (χ4n) is 1.68. The van der Waals surface area contributed by atoms with Gasteiger partial charge in [-0.3, -0.25) is 0 Å². The molecule has 1 aromatic carbocycles. The molecule has 0 radical (unpaired) electrons. The lowest BCUT2D eigenvalue weighted by molar-refractivity contribution is 0.713. The summed E-state index contributed by atoms with van der Waals surface area (Å²) in [5.74, 6) is 0.